The van der Waals surface area contributed by atoms with Crippen LogP contribution in [-0.4, -0.2) is 14.2 Å². The van der Waals surface area contributed by atoms with Crippen molar-refractivity contribution in [2.45, 2.75) is 6.42 Å². The van der Waals surface area contributed by atoms with Gasteiger partial charge in [0, 0.05) is 5.56 Å². The van der Waals surface area contributed by atoms with Crippen molar-refractivity contribution in [3.63, 3.8) is 0 Å². The number of benzene rings is 1. The number of hydrogen-bond donors (Lipinski definition) is 0. The molecule has 0 N–H and O–H groups in total. The SMILES string of the molecule is COc1ccc(C#CCC#N)cc1OC. The Morgan fingerprint density at radius 2 is 1.93 bits per heavy atom. The van der Waals surface area contributed by atoms with Crippen LogP contribution in [-0.2, 0) is 0 Å². The van der Waals surface area contributed by atoms with E-state index in [0.29, 0.717) is 11.5 Å². The molecule has 1 rings (SSSR count). The molecule has 0 bridgehead atoms. The monoisotopic (exact) mass is 201 g/mol. The maximum atomic E-state index is 8.33. The van der Waals surface area contributed by atoms with Crippen LogP contribution in [0.4, 0.5) is 0 Å². The first-order chi connectivity index (χ1) is 7.31. The van der Waals surface area contributed by atoms with E-state index in [1.54, 1.807) is 26.4 Å². The average molecular weight is 201 g/mol. The Hall–Kier alpha value is -2.13. The van der Waals surface area contributed by atoms with Crippen LogP contribution in [0, 0.1) is 23.2 Å². The molecule has 0 radical (unpaired) electrons. The van der Waals surface area contributed by atoms with Gasteiger partial charge in [-0.25, -0.2) is 0 Å². The fourth-order valence-corrected chi connectivity index (χ4v) is 1.10. The zero-order valence-electron chi connectivity index (χ0n) is 8.70. The van der Waals surface area contributed by atoms with Crippen LogP contribution in [0.2, 0.25) is 0 Å². The van der Waals surface area contributed by atoms with Gasteiger partial charge in [0.05, 0.1) is 26.7 Å². The lowest BCUT2D eigenvalue weighted by Crippen LogP contribution is -1.90. The van der Waals surface area contributed by atoms with Gasteiger partial charge in [-0.05, 0) is 18.2 Å². The van der Waals surface area contributed by atoms with E-state index < -0.39 is 0 Å². The number of hydrogen-bond acceptors (Lipinski definition) is 3. The third-order valence-corrected chi connectivity index (χ3v) is 1.78. The summed E-state index contributed by atoms with van der Waals surface area (Å²) in [6.45, 7) is 0. The summed E-state index contributed by atoms with van der Waals surface area (Å²) in [4.78, 5) is 0. The molecule has 0 saturated heterocycles. The van der Waals surface area contributed by atoms with Crippen LogP contribution in [0.25, 0.3) is 0 Å². The molecule has 0 aliphatic heterocycles. The first-order valence-corrected chi connectivity index (χ1v) is 4.39. The topological polar surface area (TPSA) is 42.2 Å². The van der Waals surface area contributed by atoms with E-state index in [9.17, 15) is 0 Å². The smallest absolute Gasteiger partial charge is 0.161 e. The molecule has 0 saturated carbocycles. The summed E-state index contributed by atoms with van der Waals surface area (Å²) in [6.07, 6.45) is 0.231. The Morgan fingerprint density at radius 1 is 1.20 bits per heavy atom. The lowest BCUT2D eigenvalue weighted by atomic mass is 10.2. The van der Waals surface area contributed by atoms with Gasteiger partial charge < -0.3 is 9.47 Å². The summed E-state index contributed by atoms with van der Waals surface area (Å²) >= 11 is 0. The fourth-order valence-electron chi connectivity index (χ4n) is 1.10. The lowest BCUT2D eigenvalue weighted by molar-refractivity contribution is 0.355. The summed E-state index contributed by atoms with van der Waals surface area (Å²) in [5, 5.41) is 8.33. The second kappa shape index (κ2) is 5.57. The molecule has 76 valence electrons. The van der Waals surface area contributed by atoms with Gasteiger partial charge in [-0.3, -0.25) is 0 Å². The van der Waals surface area contributed by atoms with Crippen molar-refractivity contribution in [1.82, 2.24) is 0 Å². The number of rotatable bonds is 2. The molecule has 0 aromatic heterocycles. The molecule has 0 spiro atoms. The van der Waals surface area contributed by atoms with E-state index in [2.05, 4.69) is 11.8 Å². The van der Waals surface area contributed by atoms with Crippen molar-refractivity contribution in [3.8, 4) is 29.4 Å². The second-order valence-electron chi connectivity index (χ2n) is 2.71. The zero-order valence-corrected chi connectivity index (χ0v) is 8.70. The minimum atomic E-state index is 0.231. The quantitative estimate of drug-likeness (QED) is 0.687. The maximum absolute atomic E-state index is 8.33. The van der Waals surface area contributed by atoms with Crippen molar-refractivity contribution in [2.24, 2.45) is 0 Å². The van der Waals surface area contributed by atoms with Crippen LogP contribution in [0.5, 0.6) is 11.5 Å². The molecule has 0 amide bonds. The summed E-state index contributed by atoms with van der Waals surface area (Å²) in [5.74, 6) is 6.91. The van der Waals surface area contributed by atoms with Crippen LogP contribution in [0.3, 0.4) is 0 Å². The Labute approximate surface area is 89.2 Å². The predicted molar refractivity (Wildman–Crippen MR) is 56.7 cm³/mol. The van der Waals surface area contributed by atoms with Gasteiger partial charge in [0.25, 0.3) is 0 Å². The van der Waals surface area contributed by atoms with Gasteiger partial charge >= 0.3 is 0 Å². The van der Waals surface area contributed by atoms with Gasteiger partial charge in [0.15, 0.2) is 11.5 Å². The molecule has 0 aliphatic rings. The molecule has 0 aliphatic carbocycles. The summed E-state index contributed by atoms with van der Waals surface area (Å²) in [5.41, 5.74) is 0.808. The third-order valence-electron chi connectivity index (χ3n) is 1.78. The molecule has 0 fully saturated rings. The van der Waals surface area contributed by atoms with Gasteiger partial charge in [-0.2, -0.15) is 5.26 Å². The molecule has 3 heteroatoms. The highest BCUT2D eigenvalue weighted by molar-refractivity contribution is 5.48. The van der Waals surface area contributed by atoms with E-state index >= 15 is 0 Å². The zero-order chi connectivity index (χ0) is 11.1. The van der Waals surface area contributed by atoms with Crippen molar-refractivity contribution < 1.29 is 9.47 Å². The average Bonchev–Trinajstić information content (AvgIpc) is 2.29. The Morgan fingerprint density at radius 3 is 2.53 bits per heavy atom. The third kappa shape index (κ3) is 2.93. The Bertz CT molecular complexity index is 435. The number of nitriles is 1. The van der Waals surface area contributed by atoms with Gasteiger partial charge in [-0.15, -0.1) is 0 Å². The van der Waals surface area contributed by atoms with Gasteiger partial charge in [0.1, 0.15) is 0 Å². The summed E-state index contributed by atoms with van der Waals surface area (Å²) in [7, 11) is 3.16. The minimum Gasteiger partial charge on any atom is -0.493 e. The van der Waals surface area contributed by atoms with Crippen LogP contribution in [0.15, 0.2) is 18.2 Å². The molecule has 0 heterocycles. The first-order valence-electron chi connectivity index (χ1n) is 4.39. The second-order valence-corrected chi connectivity index (χ2v) is 2.71. The van der Waals surface area contributed by atoms with E-state index in [0.717, 1.165) is 5.56 Å². The largest absolute Gasteiger partial charge is 0.493 e. The normalized spacial score (nSPS) is 8.33. The Balaban J connectivity index is 2.95. The fraction of sp³-hybridized carbons (Fsp3) is 0.250. The maximum Gasteiger partial charge on any atom is 0.161 e. The van der Waals surface area contributed by atoms with Crippen molar-refractivity contribution >= 4 is 0 Å². The summed E-state index contributed by atoms with van der Waals surface area (Å²) in [6, 6.07) is 7.35. The molecule has 0 unspecified atom stereocenters. The molecular weight excluding hydrogens is 190 g/mol. The standard InChI is InChI=1S/C12H11NO2/c1-14-11-7-6-10(5-3-4-8-13)9-12(11)15-2/h6-7,9H,4H2,1-2H3. The molecule has 3 nitrogen and oxygen atoms in total. The number of methoxy groups -OCH3 is 2. The van der Waals surface area contributed by atoms with E-state index in [1.807, 2.05) is 12.1 Å². The van der Waals surface area contributed by atoms with Gasteiger partial charge in [0.2, 0.25) is 0 Å². The van der Waals surface area contributed by atoms with Crippen LogP contribution >= 0.6 is 0 Å². The predicted octanol–water partition coefficient (Wildman–Crippen LogP) is 1.97. The number of ether oxygens (including phenoxy) is 2. The van der Waals surface area contributed by atoms with E-state index in [-0.39, 0.29) is 6.42 Å². The highest BCUT2D eigenvalue weighted by Gasteiger charge is 2.02. The molecular formula is C12H11NO2. The van der Waals surface area contributed by atoms with E-state index in [4.69, 9.17) is 14.7 Å². The van der Waals surface area contributed by atoms with Crippen LogP contribution < -0.4 is 9.47 Å². The molecule has 0 atom stereocenters. The highest BCUT2D eigenvalue weighted by atomic mass is 16.5. The highest BCUT2D eigenvalue weighted by Crippen LogP contribution is 2.26. The van der Waals surface area contributed by atoms with Crippen molar-refractivity contribution in [2.75, 3.05) is 14.2 Å². The van der Waals surface area contributed by atoms with Crippen molar-refractivity contribution in [3.05, 3.63) is 23.8 Å². The van der Waals surface area contributed by atoms with Crippen LogP contribution in [0.1, 0.15) is 12.0 Å². The minimum absolute atomic E-state index is 0.231. The molecule has 1 aromatic carbocycles. The molecule has 1 aromatic rings. The van der Waals surface area contributed by atoms with Crippen molar-refractivity contribution in [1.29, 1.82) is 5.26 Å². The molecule has 15 heavy (non-hydrogen) atoms. The Kier molecular flexibility index (Phi) is 4.06. The summed E-state index contributed by atoms with van der Waals surface area (Å²) < 4.78 is 10.2. The van der Waals surface area contributed by atoms with Gasteiger partial charge in [-0.1, -0.05) is 11.8 Å². The lowest BCUT2D eigenvalue weighted by Gasteiger charge is -2.06. The number of nitrogens with zero attached hydrogens (tertiary/aromatic N) is 1. The first kappa shape index (κ1) is 10.9. The van der Waals surface area contributed by atoms with E-state index in [1.165, 1.54) is 0 Å².